The molecule has 2 aliphatic rings. The lowest BCUT2D eigenvalue weighted by Gasteiger charge is -2.42. The maximum Gasteiger partial charge on any atom is 0.317 e. The summed E-state index contributed by atoms with van der Waals surface area (Å²) >= 11 is 3.26. The van der Waals surface area contributed by atoms with Gasteiger partial charge in [-0.15, -0.1) is 0 Å². The van der Waals surface area contributed by atoms with E-state index in [9.17, 15) is 14.0 Å². The number of nitrogens with one attached hydrogen (secondary N) is 1. The Kier molecular flexibility index (Phi) is 5.20. The van der Waals surface area contributed by atoms with Gasteiger partial charge >= 0.3 is 5.97 Å². The minimum atomic E-state index is -0.813. The second-order valence-corrected chi connectivity index (χ2v) is 7.54. The minimum absolute atomic E-state index is 0.00756. The van der Waals surface area contributed by atoms with Gasteiger partial charge in [0.25, 0.3) is 5.91 Å². The fraction of sp³-hybridized carbons (Fsp3) is 0.529. The summed E-state index contributed by atoms with van der Waals surface area (Å²) in [6.45, 7) is 0.879. The Morgan fingerprint density at radius 3 is 2.67 bits per heavy atom. The summed E-state index contributed by atoms with van der Waals surface area (Å²) in [7, 11) is 0. The van der Waals surface area contributed by atoms with Crippen LogP contribution in [0.3, 0.4) is 0 Å². The van der Waals surface area contributed by atoms with Crippen LogP contribution in [0.4, 0.5) is 4.39 Å². The lowest BCUT2D eigenvalue weighted by atomic mass is 9.85. The molecule has 2 N–H and O–H groups in total. The number of rotatable bonds is 7. The van der Waals surface area contributed by atoms with Gasteiger partial charge in [0.2, 0.25) is 0 Å². The Morgan fingerprint density at radius 2 is 2.04 bits per heavy atom. The molecule has 2 fully saturated rings. The van der Waals surface area contributed by atoms with Crippen molar-refractivity contribution in [2.24, 2.45) is 5.92 Å². The Bertz CT molecular complexity index is 645. The van der Waals surface area contributed by atoms with E-state index in [4.69, 9.17) is 5.11 Å². The topological polar surface area (TPSA) is 69.6 Å². The molecule has 0 spiro atoms. The van der Waals surface area contributed by atoms with E-state index < -0.39 is 11.8 Å². The summed E-state index contributed by atoms with van der Waals surface area (Å²) in [5, 5.41) is 11.9. The molecule has 5 nitrogen and oxygen atoms in total. The summed E-state index contributed by atoms with van der Waals surface area (Å²) in [5.74, 6) is -0.947. The van der Waals surface area contributed by atoms with Crippen LogP contribution in [0.2, 0.25) is 0 Å². The molecule has 0 unspecified atom stereocenters. The molecular formula is C17H20BrFN2O3. The van der Waals surface area contributed by atoms with Crippen LogP contribution < -0.4 is 5.32 Å². The zero-order chi connectivity index (χ0) is 17.3. The molecule has 0 aliphatic heterocycles. The number of amides is 1. The lowest BCUT2D eigenvalue weighted by Crippen LogP contribution is -2.55. The van der Waals surface area contributed by atoms with Crippen LogP contribution in [0, 0.1) is 11.7 Å². The third-order valence-corrected chi connectivity index (χ3v) is 5.36. The van der Waals surface area contributed by atoms with Crippen LogP contribution in [0.25, 0.3) is 0 Å². The number of carboxylic acids is 1. The van der Waals surface area contributed by atoms with E-state index in [1.165, 1.54) is 31.0 Å². The van der Waals surface area contributed by atoms with Gasteiger partial charge in [-0.05, 0) is 65.7 Å². The first-order chi connectivity index (χ1) is 11.4. The van der Waals surface area contributed by atoms with Gasteiger partial charge in [-0.3, -0.25) is 14.5 Å². The molecule has 24 heavy (non-hydrogen) atoms. The van der Waals surface area contributed by atoms with Gasteiger partial charge in [0.15, 0.2) is 0 Å². The number of carbonyl (C=O) groups is 2. The summed E-state index contributed by atoms with van der Waals surface area (Å²) in [6, 6.07) is 4.22. The second kappa shape index (κ2) is 7.19. The van der Waals surface area contributed by atoms with Gasteiger partial charge in [0.05, 0.1) is 12.1 Å². The molecule has 2 saturated carbocycles. The normalized spacial score (nSPS) is 23.0. The van der Waals surface area contributed by atoms with Crippen LogP contribution >= 0.6 is 15.9 Å². The van der Waals surface area contributed by atoms with E-state index in [1.54, 1.807) is 0 Å². The number of hydrogen-bond donors (Lipinski definition) is 2. The molecule has 0 atom stereocenters. The van der Waals surface area contributed by atoms with Gasteiger partial charge in [0.1, 0.15) is 5.82 Å². The van der Waals surface area contributed by atoms with Crippen molar-refractivity contribution >= 4 is 27.8 Å². The van der Waals surface area contributed by atoms with Crippen LogP contribution in [-0.4, -0.2) is 47.1 Å². The van der Waals surface area contributed by atoms with E-state index in [-0.39, 0.29) is 30.1 Å². The lowest BCUT2D eigenvalue weighted by molar-refractivity contribution is -0.139. The standard InChI is InChI=1S/C17H20BrFN2O3/c18-15-4-3-11(19)5-14(15)17(24)20-12-6-13(7-12)21(9-16(22)23)8-10-1-2-10/h3-5,10,12-13H,1-2,6-9H2,(H,20,24)(H,22,23). The predicted molar refractivity (Wildman–Crippen MR) is 90.3 cm³/mol. The number of nitrogens with zero attached hydrogens (tertiary/aromatic N) is 1. The van der Waals surface area contributed by atoms with Crippen molar-refractivity contribution in [1.82, 2.24) is 10.2 Å². The number of benzene rings is 1. The highest BCUT2D eigenvalue weighted by molar-refractivity contribution is 9.10. The summed E-state index contributed by atoms with van der Waals surface area (Å²) in [4.78, 5) is 25.3. The van der Waals surface area contributed by atoms with Crippen LogP contribution in [0.1, 0.15) is 36.0 Å². The smallest absolute Gasteiger partial charge is 0.317 e. The number of hydrogen-bond acceptors (Lipinski definition) is 3. The quantitative estimate of drug-likeness (QED) is 0.740. The molecule has 3 rings (SSSR count). The van der Waals surface area contributed by atoms with Crippen molar-refractivity contribution in [1.29, 1.82) is 0 Å². The first-order valence-electron chi connectivity index (χ1n) is 8.14. The molecule has 1 amide bonds. The van der Waals surface area contributed by atoms with Gasteiger partial charge in [0, 0.05) is 23.1 Å². The molecular weight excluding hydrogens is 379 g/mol. The maximum atomic E-state index is 13.3. The second-order valence-electron chi connectivity index (χ2n) is 6.69. The largest absolute Gasteiger partial charge is 0.480 e. The monoisotopic (exact) mass is 398 g/mol. The van der Waals surface area contributed by atoms with Crippen molar-refractivity contribution < 1.29 is 19.1 Å². The van der Waals surface area contributed by atoms with Crippen LogP contribution in [0.5, 0.6) is 0 Å². The Morgan fingerprint density at radius 1 is 1.33 bits per heavy atom. The number of halogens is 2. The van der Waals surface area contributed by atoms with Crippen molar-refractivity contribution in [2.75, 3.05) is 13.1 Å². The zero-order valence-corrected chi connectivity index (χ0v) is 14.8. The van der Waals surface area contributed by atoms with E-state index in [2.05, 4.69) is 21.2 Å². The molecule has 0 radical (unpaired) electrons. The predicted octanol–water partition coefficient (Wildman–Crippen LogP) is 2.65. The van der Waals surface area contributed by atoms with E-state index in [0.717, 1.165) is 19.4 Å². The zero-order valence-electron chi connectivity index (χ0n) is 13.2. The van der Waals surface area contributed by atoms with Gasteiger partial charge in [-0.1, -0.05) is 0 Å². The first-order valence-corrected chi connectivity index (χ1v) is 8.93. The SMILES string of the molecule is O=C(O)CN(CC1CC1)C1CC(NC(=O)c2cc(F)ccc2Br)C1. The van der Waals surface area contributed by atoms with Crippen molar-refractivity contribution in [3.63, 3.8) is 0 Å². The number of aliphatic carboxylic acids is 1. The minimum Gasteiger partial charge on any atom is -0.480 e. The Hall–Kier alpha value is -1.47. The Labute approximate surface area is 148 Å². The third-order valence-electron chi connectivity index (χ3n) is 4.67. The van der Waals surface area contributed by atoms with Crippen molar-refractivity contribution in [3.05, 3.63) is 34.1 Å². The van der Waals surface area contributed by atoms with Crippen molar-refractivity contribution in [3.8, 4) is 0 Å². The molecule has 1 aromatic rings. The first kappa shape index (κ1) is 17.4. The third kappa shape index (κ3) is 4.33. The highest BCUT2D eigenvalue weighted by atomic mass is 79.9. The summed E-state index contributed by atoms with van der Waals surface area (Å²) in [6.07, 6.45) is 3.82. The molecule has 0 heterocycles. The molecule has 0 aromatic heterocycles. The van der Waals surface area contributed by atoms with E-state index in [0.29, 0.717) is 10.4 Å². The molecule has 7 heteroatoms. The number of carbonyl (C=O) groups excluding carboxylic acids is 1. The van der Waals surface area contributed by atoms with Gasteiger partial charge in [-0.25, -0.2) is 4.39 Å². The van der Waals surface area contributed by atoms with Gasteiger partial charge in [-0.2, -0.15) is 0 Å². The van der Waals surface area contributed by atoms with Crippen molar-refractivity contribution in [2.45, 2.75) is 37.8 Å². The summed E-state index contributed by atoms with van der Waals surface area (Å²) in [5.41, 5.74) is 0.277. The fourth-order valence-electron chi connectivity index (χ4n) is 3.09. The fourth-order valence-corrected chi connectivity index (χ4v) is 3.51. The Balaban J connectivity index is 1.52. The van der Waals surface area contributed by atoms with Crippen LogP contribution in [-0.2, 0) is 4.79 Å². The molecule has 2 aliphatic carbocycles. The summed E-state index contributed by atoms with van der Waals surface area (Å²) < 4.78 is 13.8. The van der Waals surface area contributed by atoms with E-state index >= 15 is 0 Å². The van der Waals surface area contributed by atoms with Gasteiger partial charge < -0.3 is 10.4 Å². The maximum absolute atomic E-state index is 13.3. The molecule has 1 aromatic carbocycles. The van der Waals surface area contributed by atoms with Crippen LogP contribution in [0.15, 0.2) is 22.7 Å². The van der Waals surface area contributed by atoms with E-state index in [1.807, 2.05) is 4.90 Å². The highest BCUT2D eigenvalue weighted by Crippen LogP contribution is 2.34. The molecule has 0 bridgehead atoms. The molecule has 130 valence electrons. The molecule has 0 saturated heterocycles. The average Bonchev–Trinajstić information content (AvgIpc) is 3.27. The number of carboxylic acid groups (broad SMARTS) is 1. The average molecular weight is 399 g/mol. The highest BCUT2D eigenvalue weighted by Gasteiger charge is 2.37.